The minimum Gasteiger partial charge on any atom is -0.575 e. The van der Waals surface area contributed by atoms with Crippen LogP contribution in [0.15, 0.2) is 22.9 Å². The number of carbonyl (C=O) groups is 1. The van der Waals surface area contributed by atoms with E-state index in [1.807, 2.05) is 0 Å². The highest BCUT2D eigenvalue weighted by Gasteiger charge is 2.16. The van der Waals surface area contributed by atoms with Crippen molar-refractivity contribution in [3.63, 3.8) is 0 Å². The van der Waals surface area contributed by atoms with E-state index in [0.29, 0.717) is 11.5 Å². The van der Waals surface area contributed by atoms with E-state index in [4.69, 9.17) is 19.1 Å². The molecular weight excluding hydrogens is 273 g/mol. The molecule has 0 aromatic heterocycles. The van der Waals surface area contributed by atoms with E-state index in [0.717, 1.165) is 0 Å². The third kappa shape index (κ3) is 4.73. The van der Waals surface area contributed by atoms with Crippen molar-refractivity contribution in [2.75, 3.05) is 14.2 Å². The van der Waals surface area contributed by atoms with Gasteiger partial charge in [-0.05, 0) is 6.92 Å². The van der Waals surface area contributed by atoms with Crippen molar-refractivity contribution in [1.29, 1.82) is 0 Å². The van der Waals surface area contributed by atoms with Crippen LogP contribution >= 0.6 is 8.17 Å². The third-order valence-corrected chi connectivity index (χ3v) is 3.04. The highest BCUT2D eigenvalue weighted by molar-refractivity contribution is 7.34. The van der Waals surface area contributed by atoms with Gasteiger partial charge in [0.05, 0.1) is 14.2 Å². The predicted octanol–water partition coefficient (Wildman–Crippen LogP) is 1.41. The molecule has 7 nitrogen and oxygen atoms in total. The normalized spacial score (nSPS) is 12.7. The second kappa shape index (κ2) is 6.92. The average Bonchev–Trinajstić information content (AvgIpc) is 2.37. The van der Waals surface area contributed by atoms with Crippen LogP contribution in [-0.4, -0.2) is 31.3 Å². The van der Waals surface area contributed by atoms with E-state index in [2.05, 4.69) is 4.74 Å². The Kier molecular flexibility index (Phi) is 5.54. The molecule has 1 unspecified atom stereocenters. The largest absolute Gasteiger partial charge is 0.575 e. The summed E-state index contributed by atoms with van der Waals surface area (Å²) >= 11 is 0. The lowest BCUT2D eigenvalue weighted by atomic mass is 10.3. The summed E-state index contributed by atoms with van der Waals surface area (Å²) in [5, 5.41) is 8.64. The molecule has 8 heteroatoms. The second-order valence-corrected chi connectivity index (χ2v) is 4.40. The molecule has 0 heterocycles. The molecule has 1 aromatic rings. The first kappa shape index (κ1) is 15.2. The SMILES string of the molecule is COc1cc(OC)cc(O[P+]([O-])=N[C@@H](C)C(=O)O)c1. The Morgan fingerprint density at radius 1 is 1.26 bits per heavy atom. The molecule has 0 bridgehead atoms. The zero-order valence-corrected chi connectivity index (χ0v) is 11.6. The zero-order valence-electron chi connectivity index (χ0n) is 10.7. The maximum atomic E-state index is 11.5. The molecule has 0 aliphatic carbocycles. The molecular formula is C11H14NO6P. The van der Waals surface area contributed by atoms with Gasteiger partial charge in [0, 0.05) is 18.2 Å². The number of carboxylic acid groups (broad SMARTS) is 1. The topological polar surface area (TPSA) is 100 Å². The van der Waals surface area contributed by atoms with Crippen LogP contribution in [0.25, 0.3) is 0 Å². The van der Waals surface area contributed by atoms with Gasteiger partial charge in [0.1, 0.15) is 11.5 Å². The lowest BCUT2D eigenvalue weighted by Gasteiger charge is -2.06. The van der Waals surface area contributed by atoms with E-state index in [1.54, 1.807) is 6.07 Å². The molecule has 1 rings (SSSR count). The van der Waals surface area contributed by atoms with Gasteiger partial charge in [0.2, 0.25) is 0 Å². The molecule has 0 saturated heterocycles. The molecule has 1 aromatic carbocycles. The van der Waals surface area contributed by atoms with Crippen molar-refractivity contribution in [3.05, 3.63) is 18.2 Å². The highest BCUT2D eigenvalue weighted by Crippen LogP contribution is 2.32. The van der Waals surface area contributed by atoms with Crippen LogP contribution in [-0.2, 0) is 4.79 Å². The molecule has 0 saturated carbocycles. The molecule has 1 N–H and O–H groups in total. The number of aliphatic carboxylic acids is 1. The number of rotatable bonds is 6. The molecule has 0 aliphatic rings. The smallest absolute Gasteiger partial charge is 0.395 e. The van der Waals surface area contributed by atoms with E-state index in [1.165, 1.54) is 33.3 Å². The molecule has 19 heavy (non-hydrogen) atoms. The Morgan fingerprint density at radius 2 is 1.74 bits per heavy atom. The number of benzene rings is 1. The molecule has 0 radical (unpaired) electrons. The molecule has 0 amide bonds. The van der Waals surface area contributed by atoms with Crippen LogP contribution in [0.3, 0.4) is 0 Å². The summed E-state index contributed by atoms with van der Waals surface area (Å²) < 4.78 is 18.6. The minimum absolute atomic E-state index is 0.221. The maximum Gasteiger partial charge on any atom is 0.395 e. The Labute approximate surface area is 111 Å². The van der Waals surface area contributed by atoms with Gasteiger partial charge < -0.3 is 19.5 Å². The van der Waals surface area contributed by atoms with Crippen LogP contribution < -0.4 is 18.9 Å². The van der Waals surface area contributed by atoms with Gasteiger partial charge in [-0.2, -0.15) is 0 Å². The van der Waals surface area contributed by atoms with Crippen LogP contribution in [0.4, 0.5) is 0 Å². The van der Waals surface area contributed by atoms with Gasteiger partial charge in [-0.15, -0.1) is 0 Å². The fraction of sp³-hybridized carbons (Fsp3) is 0.364. The lowest BCUT2D eigenvalue weighted by molar-refractivity contribution is -0.169. The Balaban J connectivity index is 2.89. The van der Waals surface area contributed by atoms with Gasteiger partial charge in [-0.1, -0.05) is 4.74 Å². The number of hydrogen-bond donors (Lipinski definition) is 1. The Bertz CT molecular complexity index is 468. The molecule has 0 fully saturated rings. The number of nitrogens with zero attached hydrogens (tertiary/aromatic N) is 1. The predicted molar refractivity (Wildman–Crippen MR) is 66.6 cm³/mol. The van der Waals surface area contributed by atoms with E-state index in [-0.39, 0.29) is 5.75 Å². The summed E-state index contributed by atoms with van der Waals surface area (Å²) in [6, 6.07) is 3.51. The minimum atomic E-state index is -2.48. The Hall–Kier alpha value is -1.85. The monoisotopic (exact) mass is 287 g/mol. The fourth-order valence-corrected chi connectivity index (χ4v) is 1.85. The zero-order chi connectivity index (χ0) is 14.4. The van der Waals surface area contributed by atoms with Crippen LogP contribution in [0, 0.1) is 0 Å². The van der Waals surface area contributed by atoms with Crippen LogP contribution in [0.2, 0.25) is 0 Å². The summed E-state index contributed by atoms with van der Waals surface area (Å²) in [7, 11) is 0.455. The highest BCUT2D eigenvalue weighted by atomic mass is 31.1. The first-order chi connectivity index (χ1) is 8.96. The van der Waals surface area contributed by atoms with Gasteiger partial charge in [-0.3, -0.25) is 4.52 Å². The van der Waals surface area contributed by atoms with E-state index < -0.39 is 20.2 Å². The van der Waals surface area contributed by atoms with Crippen LogP contribution in [0.1, 0.15) is 6.92 Å². The van der Waals surface area contributed by atoms with Gasteiger partial charge in [-0.25, -0.2) is 4.79 Å². The summed E-state index contributed by atoms with van der Waals surface area (Å²) in [6.45, 7) is 1.31. The number of carboxylic acids is 1. The maximum absolute atomic E-state index is 11.5. The van der Waals surface area contributed by atoms with E-state index in [9.17, 15) is 9.69 Å². The quantitative estimate of drug-likeness (QED) is 0.794. The molecule has 2 atom stereocenters. The van der Waals surface area contributed by atoms with Crippen LogP contribution in [0.5, 0.6) is 17.2 Å². The molecule has 0 aliphatic heterocycles. The number of ether oxygens (including phenoxy) is 2. The van der Waals surface area contributed by atoms with Crippen molar-refractivity contribution < 1.29 is 28.8 Å². The molecule has 0 spiro atoms. The molecule has 104 valence electrons. The first-order valence-corrected chi connectivity index (χ1v) is 6.41. The first-order valence-electron chi connectivity index (χ1n) is 5.28. The fourth-order valence-electron chi connectivity index (χ4n) is 1.14. The lowest BCUT2D eigenvalue weighted by Crippen LogP contribution is -2.13. The van der Waals surface area contributed by atoms with Crippen molar-refractivity contribution >= 4 is 14.1 Å². The number of hydrogen-bond acceptors (Lipinski definition) is 6. The van der Waals surface area contributed by atoms with E-state index >= 15 is 0 Å². The van der Waals surface area contributed by atoms with Crippen molar-refractivity contribution in [2.24, 2.45) is 4.74 Å². The number of methoxy groups -OCH3 is 2. The standard InChI is InChI=1S/C11H14NO6P/c1-7(11(13)14)12-19(15)18-10-5-8(16-2)4-9(6-10)17-3/h4-7H,1-3H3,(H,13,14)/t7-/m0/s1. The summed E-state index contributed by atoms with van der Waals surface area (Å²) in [5.74, 6) is -0.0260. The van der Waals surface area contributed by atoms with Crippen molar-refractivity contribution in [1.82, 2.24) is 0 Å². The summed E-state index contributed by atoms with van der Waals surface area (Å²) in [4.78, 5) is 22.1. The van der Waals surface area contributed by atoms with Crippen molar-refractivity contribution in [3.8, 4) is 17.2 Å². The Morgan fingerprint density at radius 3 is 2.16 bits per heavy atom. The summed E-state index contributed by atoms with van der Waals surface area (Å²) in [5.41, 5.74) is 0. The summed E-state index contributed by atoms with van der Waals surface area (Å²) in [6.07, 6.45) is 0. The van der Waals surface area contributed by atoms with Gasteiger partial charge in [0.25, 0.3) is 0 Å². The average molecular weight is 287 g/mol. The van der Waals surface area contributed by atoms with Gasteiger partial charge >= 0.3 is 14.1 Å². The van der Waals surface area contributed by atoms with Crippen molar-refractivity contribution in [2.45, 2.75) is 13.0 Å². The second-order valence-electron chi connectivity index (χ2n) is 3.51. The third-order valence-electron chi connectivity index (χ3n) is 2.13. The van der Waals surface area contributed by atoms with Gasteiger partial charge in [0.15, 0.2) is 11.8 Å².